The van der Waals surface area contributed by atoms with E-state index in [2.05, 4.69) is 23.5 Å². The highest BCUT2D eigenvalue weighted by molar-refractivity contribution is 4.99. The number of hydrogen-bond acceptors (Lipinski definition) is 2. The first-order valence-corrected chi connectivity index (χ1v) is 5.31. The van der Waals surface area contributed by atoms with Crippen molar-refractivity contribution in [3.63, 3.8) is 0 Å². The van der Waals surface area contributed by atoms with Crippen LogP contribution in [0.25, 0.3) is 0 Å². The predicted octanol–water partition coefficient (Wildman–Crippen LogP) is 1.48. The molecule has 1 aromatic heterocycles. The summed E-state index contributed by atoms with van der Waals surface area (Å²) in [7, 11) is 2.06. The molecule has 0 bridgehead atoms. The Morgan fingerprint density at radius 1 is 1.71 bits per heavy atom. The predicted molar refractivity (Wildman–Crippen MR) is 56.8 cm³/mol. The smallest absolute Gasteiger partial charge is 0.108 e. The van der Waals surface area contributed by atoms with Gasteiger partial charge in [-0.1, -0.05) is 6.92 Å². The molecule has 2 N–H and O–H groups in total. The van der Waals surface area contributed by atoms with Crippen molar-refractivity contribution in [1.82, 2.24) is 9.55 Å². The second-order valence-corrected chi connectivity index (χ2v) is 4.94. The Labute approximate surface area is 85.3 Å². The average molecular weight is 193 g/mol. The monoisotopic (exact) mass is 193 g/mol. The van der Waals surface area contributed by atoms with Crippen molar-refractivity contribution in [2.45, 2.75) is 38.6 Å². The molecule has 0 aromatic carbocycles. The molecule has 1 saturated carbocycles. The lowest BCUT2D eigenvalue weighted by Crippen LogP contribution is -2.22. The molecular formula is C11H19N3. The Bertz CT molecular complexity index is 318. The van der Waals surface area contributed by atoms with Crippen molar-refractivity contribution in [3.05, 3.63) is 18.2 Å². The van der Waals surface area contributed by atoms with Crippen LogP contribution in [0.5, 0.6) is 0 Å². The second-order valence-electron chi connectivity index (χ2n) is 4.94. The first kappa shape index (κ1) is 9.71. The fraction of sp³-hybridized carbons (Fsp3) is 0.727. The zero-order chi connectivity index (χ0) is 10.2. The molecule has 1 heterocycles. The van der Waals surface area contributed by atoms with Gasteiger partial charge in [0.1, 0.15) is 5.82 Å². The molecule has 3 nitrogen and oxygen atoms in total. The number of rotatable bonds is 2. The average Bonchev–Trinajstić information content (AvgIpc) is 2.62. The molecule has 0 aliphatic heterocycles. The summed E-state index contributed by atoms with van der Waals surface area (Å²) in [6.45, 7) is 2.33. The van der Waals surface area contributed by atoms with Crippen LogP contribution in [0.3, 0.4) is 0 Å². The molecular weight excluding hydrogens is 174 g/mol. The highest BCUT2D eigenvalue weighted by Gasteiger charge is 2.34. The molecule has 3 heteroatoms. The number of aromatic nitrogens is 2. The van der Waals surface area contributed by atoms with E-state index < -0.39 is 0 Å². The minimum absolute atomic E-state index is 0.374. The number of hydrogen-bond donors (Lipinski definition) is 1. The third kappa shape index (κ3) is 1.82. The SMILES string of the molecule is Cn1ccnc1CC1(C)CCC(N)C1. The summed E-state index contributed by atoms with van der Waals surface area (Å²) >= 11 is 0. The van der Waals surface area contributed by atoms with E-state index in [9.17, 15) is 0 Å². The second kappa shape index (κ2) is 3.39. The molecule has 0 spiro atoms. The summed E-state index contributed by atoms with van der Waals surface area (Å²) in [6, 6.07) is 0.403. The van der Waals surface area contributed by atoms with E-state index in [1.807, 2.05) is 12.4 Å². The fourth-order valence-electron chi connectivity index (χ4n) is 2.48. The van der Waals surface area contributed by atoms with E-state index in [4.69, 9.17) is 5.73 Å². The van der Waals surface area contributed by atoms with Crippen molar-refractivity contribution in [2.75, 3.05) is 0 Å². The summed E-state index contributed by atoms with van der Waals surface area (Å²) in [4.78, 5) is 4.37. The largest absolute Gasteiger partial charge is 0.338 e. The van der Waals surface area contributed by atoms with Crippen molar-refractivity contribution in [3.8, 4) is 0 Å². The quantitative estimate of drug-likeness (QED) is 0.773. The molecule has 1 fully saturated rings. The highest BCUT2D eigenvalue weighted by Crippen LogP contribution is 2.39. The van der Waals surface area contributed by atoms with Crippen molar-refractivity contribution < 1.29 is 0 Å². The maximum absolute atomic E-state index is 5.95. The van der Waals surface area contributed by atoms with Crippen molar-refractivity contribution >= 4 is 0 Å². The van der Waals surface area contributed by atoms with Gasteiger partial charge in [0.2, 0.25) is 0 Å². The van der Waals surface area contributed by atoms with Gasteiger partial charge < -0.3 is 10.3 Å². The van der Waals surface area contributed by atoms with E-state index in [-0.39, 0.29) is 0 Å². The minimum Gasteiger partial charge on any atom is -0.338 e. The van der Waals surface area contributed by atoms with Gasteiger partial charge in [-0.2, -0.15) is 0 Å². The van der Waals surface area contributed by atoms with Gasteiger partial charge in [0, 0.05) is 31.9 Å². The van der Waals surface area contributed by atoms with Gasteiger partial charge in [0.05, 0.1) is 0 Å². The Kier molecular flexibility index (Phi) is 2.35. The zero-order valence-corrected chi connectivity index (χ0v) is 9.03. The standard InChI is InChI=1S/C11H19N3/c1-11(4-3-9(12)7-11)8-10-13-5-6-14(10)2/h5-6,9H,3-4,7-8,12H2,1-2H3. The van der Waals surface area contributed by atoms with Crippen LogP contribution < -0.4 is 5.73 Å². The van der Waals surface area contributed by atoms with Gasteiger partial charge in [-0.15, -0.1) is 0 Å². The van der Waals surface area contributed by atoms with E-state index in [0.717, 1.165) is 12.8 Å². The molecule has 0 radical (unpaired) electrons. The van der Waals surface area contributed by atoms with E-state index in [1.165, 1.54) is 18.7 Å². The normalized spacial score (nSPS) is 32.4. The van der Waals surface area contributed by atoms with Crippen LogP contribution in [0.4, 0.5) is 0 Å². The lowest BCUT2D eigenvalue weighted by atomic mass is 9.84. The molecule has 2 atom stereocenters. The Hall–Kier alpha value is -0.830. The number of imidazole rings is 1. The van der Waals surface area contributed by atoms with Crippen LogP contribution in [0.1, 0.15) is 32.0 Å². The lowest BCUT2D eigenvalue weighted by Gasteiger charge is -2.23. The molecule has 1 aromatic rings. The van der Waals surface area contributed by atoms with E-state index in [1.54, 1.807) is 0 Å². The minimum atomic E-state index is 0.374. The van der Waals surface area contributed by atoms with Crippen LogP contribution in [-0.4, -0.2) is 15.6 Å². The fourth-order valence-corrected chi connectivity index (χ4v) is 2.48. The Morgan fingerprint density at radius 2 is 2.50 bits per heavy atom. The van der Waals surface area contributed by atoms with Gasteiger partial charge in [0.15, 0.2) is 0 Å². The first-order chi connectivity index (χ1) is 6.59. The summed E-state index contributed by atoms with van der Waals surface area (Å²) in [5.74, 6) is 1.18. The first-order valence-electron chi connectivity index (χ1n) is 5.31. The van der Waals surface area contributed by atoms with Crippen LogP contribution in [0.2, 0.25) is 0 Å². The third-order valence-electron chi connectivity index (χ3n) is 3.38. The van der Waals surface area contributed by atoms with Crippen molar-refractivity contribution in [2.24, 2.45) is 18.2 Å². The Morgan fingerprint density at radius 3 is 3.00 bits per heavy atom. The summed E-state index contributed by atoms with van der Waals surface area (Å²) in [5.41, 5.74) is 6.32. The maximum atomic E-state index is 5.95. The molecule has 0 amide bonds. The zero-order valence-electron chi connectivity index (χ0n) is 9.03. The van der Waals surface area contributed by atoms with Crippen molar-refractivity contribution in [1.29, 1.82) is 0 Å². The maximum Gasteiger partial charge on any atom is 0.108 e. The van der Waals surface area contributed by atoms with Gasteiger partial charge in [-0.05, 0) is 24.7 Å². The van der Waals surface area contributed by atoms with Gasteiger partial charge in [-0.3, -0.25) is 0 Å². The van der Waals surface area contributed by atoms with Gasteiger partial charge in [0.25, 0.3) is 0 Å². The molecule has 14 heavy (non-hydrogen) atoms. The van der Waals surface area contributed by atoms with Crippen LogP contribution in [-0.2, 0) is 13.5 Å². The molecule has 78 valence electrons. The van der Waals surface area contributed by atoms with Crippen LogP contribution in [0, 0.1) is 5.41 Å². The lowest BCUT2D eigenvalue weighted by molar-refractivity contribution is 0.319. The Balaban J connectivity index is 2.07. The van der Waals surface area contributed by atoms with Gasteiger partial charge in [-0.25, -0.2) is 4.98 Å². The third-order valence-corrected chi connectivity index (χ3v) is 3.38. The number of aryl methyl sites for hydroxylation is 1. The van der Waals surface area contributed by atoms with Gasteiger partial charge >= 0.3 is 0 Å². The summed E-state index contributed by atoms with van der Waals surface area (Å²) in [5, 5.41) is 0. The molecule has 1 aliphatic rings. The molecule has 0 saturated heterocycles. The van der Waals surface area contributed by atoms with Crippen LogP contribution >= 0.6 is 0 Å². The number of nitrogens with two attached hydrogens (primary N) is 1. The molecule has 1 aliphatic carbocycles. The van der Waals surface area contributed by atoms with Crippen LogP contribution in [0.15, 0.2) is 12.4 Å². The molecule has 2 unspecified atom stereocenters. The molecule has 2 rings (SSSR count). The summed E-state index contributed by atoms with van der Waals surface area (Å²) < 4.78 is 2.11. The van der Waals surface area contributed by atoms with E-state index >= 15 is 0 Å². The topological polar surface area (TPSA) is 43.8 Å². The summed E-state index contributed by atoms with van der Waals surface area (Å²) in [6.07, 6.45) is 8.48. The number of nitrogens with zero attached hydrogens (tertiary/aromatic N) is 2. The van der Waals surface area contributed by atoms with E-state index in [0.29, 0.717) is 11.5 Å². The highest BCUT2D eigenvalue weighted by atomic mass is 15.0.